The van der Waals surface area contributed by atoms with Crippen LogP contribution in [0.5, 0.6) is 5.75 Å². The molecule has 2 aromatic rings. The molecule has 134 valence electrons. The number of aryl methyl sites for hydroxylation is 1. The quantitative estimate of drug-likeness (QED) is 0.444. The summed E-state index contributed by atoms with van der Waals surface area (Å²) in [6, 6.07) is 15.7. The first-order valence-corrected chi connectivity index (χ1v) is 8.47. The van der Waals surface area contributed by atoms with Crippen molar-refractivity contribution >= 4 is 12.1 Å². The van der Waals surface area contributed by atoms with Crippen molar-refractivity contribution in [1.29, 1.82) is 0 Å². The normalized spacial score (nSPS) is 14.2. The van der Waals surface area contributed by atoms with E-state index in [1.165, 1.54) is 5.56 Å². The van der Waals surface area contributed by atoms with E-state index in [4.69, 9.17) is 14.2 Å². The molecule has 0 saturated carbocycles. The van der Waals surface area contributed by atoms with E-state index < -0.39 is 12.1 Å². The fourth-order valence-electron chi connectivity index (χ4n) is 2.74. The molecule has 26 heavy (non-hydrogen) atoms. The average Bonchev–Trinajstić information content (AvgIpc) is 2.68. The molecule has 5 heteroatoms. The van der Waals surface area contributed by atoms with Crippen molar-refractivity contribution in [2.24, 2.45) is 5.92 Å². The summed E-state index contributed by atoms with van der Waals surface area (Å²) < 4.78 is 14.9. The molecule has 2 aromatic carbocycles. The summed E-state index contributed by atoms with van der Waals surface area (Å²) in [4.78, 5) is 22.1. The zero-order valence-corrected chi connectivity index (χ0v) is 14.4. The lowest BCUT2D eigenvalue weighted by atomic mass is 9.98. The van der Waals surface area contributed by atoms with E-state index in [-0.39, 0.29) is 5.92 Å². The van der Waals surface area contributed by atoms with Gasteiger partial charge in [0.15, 0.2) is 0 Å². The molecule has 1 aliphatic heterocycles. The van der Waals surface area contributed by atoms with Crippen LogP contribution in [0.3, 0.4) is 0 Å². The number of rotatable bonds is 6. The Bertz CT molecular complexity index is 767. The smallest absolute Gasteiger partial charge is 0.434 e. The predicted octanol–water partition coefficient (Wildman–Crippen LogP) is 4.16. The van der Waals surface area contributed by atoms with Crippen molar-refractivity contribution in [3.63, 3.8) is 0 Å². The van der Waals surface area contributed by atoms with E-state index in [1.807, 2.05) is 12.1 Å². The van der Waals surface area contributed by atoms with Gasteiger partial charge in [0.1, 0.15) is 19.0 Å². The van der Waals surface area contributed by atoms with E-state index in [0.29, 0.717) is 19.0 Å². The molecule has 0 radical (unpaired) electrons. The van der Waals surface area contributed by atoms with Gasteiger partial charge in [-0.3, -0.25) is 0 Å². The highest BCUT2D eigenvalue weighted by Crippen LogP contribution is 2.24. The molecule has 1 aliphatic rings. The van der Waals surface area contributed by atoms with Crippen molar-refractivity contribution < 1.29 is 23.8 Å². The lowest BCUT2D eigenvalue weighted by Gasteiger charge is -2.21. The molecular formula is C21H20O5. The molecule has 0 N–H and O–H groups in total. The molecule has 1 saturated heterocycles. The highest BCUT2D eigenvalue weighted by atomic mass is 16.7. The summed E-state index contributed by atoms with van der Waals surface area (Å²) >= 11 is 0. The van der Waals surface area contributed by atoms with Crippen LogP contribution in [0.15, 0.2) is 61.2 Å². The molecule has 1 heterocycles. The van der Waals surface area contributed by atoms with E-state index >= 15 is 0 Å². The van der Waals surface area contributed by atoms with Crippen LogP contribution in [0.4, 0.5) is 4.79 Å². The van der Waals surface area contributed by atoms with Crippen molar-refractivity contribution in [3.8, 4) is 16.9 Å². The summed E-state index contributed by atoms with van der Waals surface area (Å²) in [5, 5.41) is 0. The Kier molecular flexibility index (Phi) is 5.69. The van der Waals surface area contributed by atoms with Gasteiger partial charge >= 0.3 is 12.1 Å². The number of ether oxygens (including phenoxy) is 3. The topological polar surface area (TPSA) is 61.8 Å². The maximum absolute atomic E-state index is 11.2. The van der Waals surface area contributed by atoms with E-state index in [2.05, 4.69) is 30.8 Å². The minimum absolute atomic E-state index is 0.248. The molecule has 0 spiro atoms. The van der Waals surface area contributed by atoms with E-state index in [0.717, 1.165) is 30.0 Å². The monoisotopic (exact) mass is 352 g/mol. The Labute approximate surface area is 152 Å². The summed E-state index contributed by atoms with van der Waals surface area (Å²) in [5.41, 5.74) is 3.36. The molecule has 1 fully saturated rings. The number of benzene rings is 2. The van der Waals surface area contributed by atoms with Crippen molar-refractivity contribution in [1.82, 2.24) is 0 Å². The Hall–Kier alpha value is -3.08. The SMILES string of the molecule is C=CC(=O)Oc1ccc(-c2ccc(CCC3COC(=O)OC3)cc2)cc1. The van der Waals surface area contributed by atoms with Crippen LogP contribution in [0.1, 0.15) is 12.0 Å². The lowest BCUT2D eigenvalue weighted by molar-refractivity contribution is -0.128. The van der Waals surface area contributed by atoms with Crippen LogP contribution < -0.4 is 4.74 Å². The van der Waals surface area contributed by atoms with Crippen molar-refractivity contribution in [2.75, 3.05) is 13.2 Å². The average molecular weight is 352 g/mol. The van der Waals surface area contributed by atoms with Crippen LogP contribution in [0, 0.1) is 5.92 Å². The maximum atomic E-state index is 11.2. The highest BCUT2D eigenvalue weighted by molar-refractivity contribution is 5.83. The zero-order valence-electron chi connectivity index (χ0n) is 14.4. The standard InChI is InChI=1S/C21H20O5/c1-2-20(22)26-19-11-9-18(10-12-19)17-7-5-15(6-8-17)3-4-16-13-24-21(23)25-14-16/h2,5-12,16H,1,3-4,13-14H2. The fourth-order valence-corrected chi connectivity index (χ4v) is 2.74. The Morgan fingerprint density at radius 1 is 1.04 bits per heavy atom. The highest BCUT2D eigenvalue weighted by Gasteiger charge is 2.20. The van der Waals surface area contributed by atoms with Gasteiger partial charge in [-0.2, -0.15) is 0 Å². The first-order chi connectivity index (χ1) is 12.6. The maximum Gasteiger partial charge on any atom is 0.508 e. The third-order valence-corrected chi connectivity index (χ3v) is 4.24. The molecule has 0 aromatic heterocycles. The molecule has 0 atom stereocenters. The molecule has 0 aliphatic carbocycles. The molecular weight excluding hydrogens is 332 g/mol. The van der Waals surface area contributed by atoms with E-state index in [1.54, 1.807) is 12.1 Å². The molecule has 5 nitrogen and oxygen atoms in total. The second-order valence-corrected chi connectivity index (χ2v) is 6.12. The minimum Gasteiger partial charge on any atom is -0.434 e. The number of carbonyl (C=O) groups excluding carboxylic acids is 2. The van der Waals surface area contributed by atoms with Gasteiger partial charge in [0.2, 0.25) is 0 Å². The number of hydrogen-bond donors (Lipinski definition) is 0. The van der Waals surface area contributed by atoms with Crippen LogP contribution >= 0.6 is 0 Å². The molecule has 3 rings (SSSR count). The minimum atomic E-state index is -0.573. The van der Waals surface area contributed by atoms with E-state index in [9.17, 15) is 9.59 Å². The summed E-state index contributed by atoms with van der Waals surface area (Å²) in [5.74, 6) is 0.268. The van der Waals surface area contributed by atoms with Crippen LogP contribution in [0.25, 0.3) is 11.1 Å². The third kappa shape index (κ3) is 4.72. The van der Waals surface area contributed by atoms with Crippen LogP contribution in [-0.4, -0.2) is 25.3 Å². The van der Waals surface area contributed by atoms with Crippen molar-refractivity contribution in [2.45, 2.75) is 12.8 Å². The number of hydrogen-bond acceptors (Lipinski definition) is 5. The first kappa shape index (κ1) is 17.7. The number of cyclic esters (lactones) is 2. The van der Waals surface area contributed by atoms with Crippen LogP contribution in [-0.2, 0) is 20.7 Å². The molecule has 0 amide bonds. The summed E-state index contributed by atoms with van der Waals surface area (Å²) in [6.45, 7) is 4.24. The first-order valence-electron chi connectivity index (χ1n) is 8.47. The van der Waals surface area contributed by atoms with Gasteiger partial charge in [0.25, 0.3) is 0 Å². The number of esters is 1. The van der Waals surface area contributed by atoms with Gasteiger partial charge in [-0.15, -0.1) is 0 Å². The Morgan fingerprint density at radius 3 is 2.19 bits per heavy atom. The van der Waals surface area contributed by atoms with Crippen LogP contribution in [0.2, 0.25) is 0 Å². The number of carbonyl (C=O) groups is 2. The largest absolute Gasteiger partial charge is 0.508 e. The van der Waals surface area contributed by atoms with Gasteiger partial charge in [-0.25, -0.2) is 9.59 Å². The fraction of sp³-hybridized carbons (Fsp3) is 0.238. The zero-order chi connectivity index (χ0) is 18.4. The van der Waals surface area contributed by atoms with Gasteiger partial charge in [-0.05, 0) is 41.7 Å². The second-order valence-electron chi connectivity index (χ2n) is 6.12. The van der Waals surface area contributed by atoms with Crippen molar-refractivity contribution in [3.05, 3.63) is 66.7 Å². The summed E-state index contributed by atoms with van der Waals surface area (Å²) in [7, 11) is 0. The summed E-state index contributed by atoms with van der Waals surface area (Å²) in [6.07, 6.45) is 2.38. The molecule has 0 bridgehead atoms. The Morgan fingerprint density at radius 2 is 1.62 bits per heavy atom. The third-order valence-electron chi connectivity index (χ3n) is 4.24. The lowest BCUT2D eigenvalue weighted by Crippen LogP contribution is -2.27. The van der Waals surface area contributed by atoms with Gasteiger partial charge in [0, 0.05) is 12.0 Å². The second kappa shape index (κ2) is 8.34. The molecule has 0 unspecified atom stereocenters. The predicted molar refractivity (Wildman–Crippen MR) is 96.8 cm³/mol. The Balaban J connectivity index is 1.56. The van der Waals surface area contributed by atoms with Gasteiger partial charge in [-0.1, -0.05) is 43.0 Å². The van der Waals surface area contributed by atoms with Gasteiger partial charge < -0.3 is 14.2 Å². The van der Waals surface area contributed by atoms with Gasteiger partial charge in [0.05, 0.1) is 0 Å².